The number of carbonyl (C=O) groups excluding carboxylic acids is 1. The van der Waals surface area contributed by atoms with Crippen molar-refractivity contribution in [2.24, 2.45) is 4.99 Å². The Morgan fingerprint density at radius 2 is 2.07 bits per heavy atom. The van der Waals surface area contributed by atoms with Crippen molar-refractivity contribution in [3.05, 3.63) is 44.9 Å². The van der Waals surface area contributed by atoms with Gasteiger partial charge in [0.2, 0.25) is 5.91 Å². The average molecular weight is 434 g/mol. The lowest BCUT2D eigenvalue weighted by Crippen LogP contribution is -2.38. The Hall–Kier alpha value is -2.33. The van der Waals surface area contributed by atoms with Crippen molar-refractivity contribution < 1.29 is 18.0 Å². The van der Waals surface area contributed by atoms with E-state index in [1.54, 1.807) is 12.1 Å². The van der Waals surface area contributed by atoms with E-state index in [1.165, 1.54) is 7.05 Å². The van der Waals surface area contributed by atoms with Gasteiger partial charge in [-0.05, 0) is 24.6 Å². The molecule has 0 saturated heterocycles. The van der Waals surface area contributed by atoms with Crippen LogP contribution >= 0.6 is 22.9 Å². The number of anilines is 1. The topological polar surface area (TPSA) is 78.4 Å². The Morgan fingerprint density at radius 1 is 1.32 bits per heavy atom. The van der Waals surface area contributed by atoms with Crippen LogP contribution in [-0.4, -0.2) is 30.4 Å². The Morgan fingerprint density at radius 3 is 2.68 bits per heavy atom. The maximum absolute atomic E-state index is 12.6. The first-order chi connectivity index (χ1) is 13.2. The number of thiazole rings is 1. The van der Waals surface area contributed by atoms with E-state index in [4.69, 9.17) is 11.6 Å². The van der Waals surface area contributed by atoms with E-state index in [1.807, 2.05) is 13.0 Å². The SMILES string of the molecule is CN=C(NCCC(=O)Nc1ccc(C)cc1Cl)NCc1nc(C(F)(F)F)cs1. The lowest BCUT2D eigenvalue weighted by molar-refractivity contribution is -0.140. The average Bonchev–Trinajstić information content (AvgIpc) is 3.10. The van der Waals surface area contributed by atoms with Gasteiger partial charge < -0.3 is 16.0 Å². The normalized spacial score (nSPS) is 12.0. The molecule has 0 aliphatic rings. The Bertz CT molecular complexity index is 854. The fourth-order valence-electron chi connectivity index (χ4n) is 2.13. The highest BCUT2D eigenvalue weighted by Crippen LogP contribution is 2.29. The van der Waals surface area contributed by atoms with Crippen LogP contribution in [0.25, 0.3) is 0 Å². The van der Waals surface area contributed by atoms with Crippen LogP contribution in [0.1, 0.15) is 22.7 Å². The first-order valence-electron chi connectivity index (χ1n) is 8.21. The number of benzene rings is 1. The largest absolute Gasteiger partial charge is 0.434 e. The molecule has 3 N–H and O–H groups in total. The molecule has 1 aromatic carbocycles. The molecule has 2 rings (SSSR count). The molecule has 0 aliphatic carbocycles. The van der Waals surface area contributed by atoms with Gasteiger partial charge in [-0.2, -0.15) is 13.2 Å². The van der Waals surface area contributed by atoms with Gasteiger partial charge in [-0.25, -0.2) is 4.98 Å². The Balaban J connectivity index is 1.76. The lowest BCUT2D eigenvalue weighted by Gasteiger charge is -2.11. The summed E-state index contributed by atoms with van der Waals surface area (Å²) in [5.41, 5.74) is 0.606. The fraction of sp³-hybridized carbons (Fsp3) is 0.353. The first kappa shape index (κ1) is 22.0. The third-order valence-electron chi connectivity index (χ3n) is 3.52. The molecule has 1 amide bonds. The van der Waals surface area contributed by atoms with Crippen molar-refractivity contribution >= 4 is 40.5 Å². The summed E-state index contributed by atoms with van der Waals surface area (Å²) < 4.78 is 37.7. The van der Waals surface area contributed by atoms with E-state index in [9.17, 15) is 18.0 Å². The maximum atomic E-state index is 12.6. The highest BCUT2D eigenvalue weighted by molar-refractivity contribution is 7.09. The molecule has 0 spiro atoms. The first-order valence-corrected chi connectivity index (χ1v) is 9.47. The summed E-state index contributed by atoms with van der Waals surface area (Å²) in [5.74, 6) is 0.119. The fourth-order valence-corrected chi connectivity index (χ4v) is 3.15. The number of amides is 1. The summed E-state index contributed by atoms with van der Waals surface area (Å²) in [5, 5.41) is 10.2. The van der Waals surface area contributed by atoms with E-state index < -0.39 is 11.9 Å². The molecule has 0 aliphatic heterocycles. The van der Waals surface area contributed by atoms with Crippen molar-refractivity contribution in [1.82, 2.24) is 15.6 Å². The van der Waals surface area contributed by atoms with Gasteiger partial charge in [0.05, 0.1) is 17.3 Å². The van der Waals surface area contributed by atoms with Crippen LogP contribution in [0.3, 0.4) is 0 Å². The predicted molar refractivity (Wildman–Crippen MR) is 105 cm³/mol. The van der Waals surface area contributed by atoms with Crippen LogP contribution < -0.4 is 16.0 Å². The molecule has 11 heteroatoms. The number of aryl methyl sites for hydroxylation is 1. The molecule has 0 radical (unpaired) electrons. The minimum absolute atomic E-state index is 0.0889. The third-order valence-corrected chi connectivity index (χ3v) is 4.68. The molecule has 0 fully saturated rings. The van der Waals surface area contributed by atoms with E-state index >= 15 is 0 Å². The van der Waals surface area contributed by atoms with E-state index in [0.717, 1.165) is 22.3 Å². The number of nitrogens with zero attached hydrogens (tertiary/aromatic N) is 2. The molecule has 0 bridgehead atoms. The number of alkyl halides is 3. The maximum Gasteiger partial charge on any atom is 0.434 e. The minimum atomic E-state index is -4.46. The van der Waals surface area contributed by atoms with Crippen molar-refractivity contribution in [2.75, 3.05) is 18.9 Å². The highest BCUT2D eigenvalue weighted by atomic mass is 35.5. The number of aliphatic imine (C=N–C) groups is 1. The molecule has 0 unspecified atom stereocenters. The number of rotatable bonds is 6. The molecule has 152 valence electrons. The smallest absolute Gasteiger partial charge is 0.356 e. The summed E-state index contributed by atoms with van der Waals surface area (Å²) in [4.78, 5) is 19.5. The summed E-state index contributed by atoms with van der Waals surface area (Å²) >= 11 is 6.98. The third kappa shape index (κ3) is 6.68. The molecule has 1 aromatic heterocycles. The van der Waals surface area contributed by atoms with E-state index in [2.05, 4.69) is 25.9 Å². The highest BCUT2D eigenvalue weighted by Gasteiger charge is 2.33. The van der Waals surface area contributed by atoms with E-state index in [0.29, 0.717) is 16.7 Å². The van der Waals surface area contributed by atoms with Crippen LogP contribution in [0.4, 0.5) is 18.9 Å². The number of hydrogen-bond acceptors (Lipinski definition) is 4. The van der Waals surface area contributed by atoms with Crippen LogP contribution in [-0.2, 0) is 17.5 Å². The van der Waals surface area contributed by atoms with Gasteiger partial charge in [0.25, 0.3) is 0 Å². The second-order valence-corrected chi connectivity index (χ2v) is 7.11. The lowest BCUT2D eigenvalue weighted by atomic mass is 10.2. The summed E-state index contributed by atoms with van der Waals surface area (Å²) in [6, 6.07) is 5.32. The van der Waals surface area contributed by atoms with Gasteiger partial charge in [-0.1, -0.05) is 17.7 Å². The van der Waals surface area contributed by atoms with Crippen LogP contribution in [0, 0.1) is 6.92 Å². The van der Waals surface area contributed by atoms with Gasteiger partial charge in [-0.15, -0.1) is 11.3 Å². The molecule has 0 atom stereocenters. The van der Waals surface area contributed by atoms with Crippen LogP contribution in [0.2, 0.25) is 5.02 Å². The molecule has 1 heterocycles. The molecule has 0 saturated carbocycles. The second kappa shape index (κ2) is 9.74. The number of halogens is 4. The zero-order chi connectivity index (χ0) is 20.7. The predicted octanol–water partition coefficient (Wildman–Crippen LogP) is 3.82. The molecular formula is C17H19ClF3N5OS. The Kier molecular flexibility index (Phi) is 7.64. The number of nitrogens with one attached hydrogen (secondary N) is 3. The zero-order valence-corrected chi connectivity index (χ0v) is 16.7. The number of aromatic nitrogens is 1. The molecule has 6 nitrogen and oxygen atoms in total. The minimum Gasteiger partial charge on any atom is -0.356 e. The van der Waals surface area contributed by atoms with Gasteiger partial charge >= 0.3 is 6.18 Å². The quantitative estimate of drug-likeness (QED) is 0.478. The summed E-state index contributed by atoms with van der Waals surface area (Å²) in [7, 11) is 1.52. The van der Waals surface area contributed by atoms with Gasteiger partial charge in [-0.3, -0.25) is 9.79 Å². The van der Waals surface area contributed by atoms with Gasteiger partial charge in [0.15, 0.2) is 11.7 Å². The Labute approximate surface area is 169 Å². The van der Waals surface area contributed by atoms with Crippen LogP contribution in [0.5, 0.6) is 0 Å². The van der Waals surface area contributed by atoms with Crippen molar-refractivity contribution in [2.45, 2.75) is 26.1 Å². The second-order valence-electron chi connectivity index (χ2n) is 5.76. The molecule has 2 aromatic rings. The van der Waals surface area contributed by atoms with Crippen molar-refractivity contribution in [3.63, 3.8) is 0 Å². The zero-order valence-electron chi connectivity index (χ0n) is 15.2. The standard InChI is InChI=1S/C17H19ClF3N5OS/c1-10-3-4-12(11(18)7-10)25-14(27)5-6-23-16(22-2)24-8-15-26-13(9-28-15)17(19,20)21/h3-4,7,9H,5-6,8H2,1-2H3,(H,25,27)(H2,22,23,24). The number of carbonyl (C=O) groups is 1. The van der Waals surface area contributed by atoms with Crippen molar-refractivity contribution in [3.8, 4) is 0 Å². The number of guanidine groups is 1. The molecular weight excluding hydrogens is 415 g/mol. The van der Waals surface area contributed by atoms with E-state index in [-0.39, 0.29) is 30.4 Å². The van der Waals surface area contributed by atoms with Crippen LogP contribution in [0.15, 0.2) is 28.6 Å². The molecule has 28 heavy (non-hydrogen) atoms. The van der Waals surface area contributed by atoms with Crippen molar-refractivity contribution in [1.29, 1.82) is 0 Å². The van der Waals surface area contributed by atoms with Gasteiger partial charge in [0, 0.05) is 25.4 Å². The summed E-state index contributed by atoms with van der Waals surface area (Å²) in [6.45, 7) is 2.27. The monoisotopic (exact) mass is 433 g/mol. The number of hydrogen-bond donors (Lipinski definition) is 3. The summed E-state index contributed by atoms with van der Waals surface area (Å²) in [6.07, 6.45) is -4.30. The van der Waals surface area contributed by atoms with Gasteiger partial charge in [0.1, 0.15) is 5.01 Å².